The van der Waals surface area contributed by atoms with Crippen LogP contribution in [-0.2, 0) is 11.3 Å². The van der Waals surface area contributed by atoms with E-state index in [1.165, 1.54) is 12.8 Å². The van der Waals surface area contributed by atoms with Gasteiger partial charge in [-0.2, -0.15) is 0 Å². The van der Waals surface area contributed by atoms with E-state index in [1.54, 1.807) is 14.2 Å². The van der Waals surface area contributed by atoms with E-state index in [9.17, 15) is 0 Å². The van der Waals surface area contributed by atoms with Gasteiger partial charge in [0, 0.05) is 51.9 Å². The quantitative estimate of drug-likeness (QED) is 0.472. The molecule has 140 valence electrons. The molecule has 0 aliphatic heterocycles. The number of aliphatic imine (C=N–C) groups is 1. The van der Waals surface area contributed by atoms with Gasteiger partial charge in [-0.05, 0) is 25.8 Å². The Labute approximate surface area is 151 Å². The largest absolute Gasteiger partial charge is 0.494 e. The Hall–Kier alpha value is -1.79. The van der Waals surface area contributed by atoms with Gasteiger partial charge in [-0.3, -0.25) is 9.89 Å². The minimum Gasteiger partial charge on any atom is -0.494 e. The predicted octanol–water partition coefficient (Wildman–Crippen LogP) is 1.86. The first-order valence-electron chi connectivity index (χ1n) is 9.16. The zero-order chi connectivity index (χ0) is 17.9. The predicted molar refractivity (Wildman–Crippen MR) is 102 cm³/mol. The normalized spacial score (nSPS) is 14.6. The fourth-order valence-corrected chi connectivity index (χ4v) is 2.79. The van der Waals surface area contributed by atoms with Crippen LogP contribution in [0.15, 0.2) is 29.3 Å². The van der Waals surface area contributed by atoms with Crippen LogP contribution >= 0.6 is 0 Å². The van der Waals surface area contributed by atoms with Crippen LogP contribution < -0.4 is 15.4 Å². The highest BCUT2D eigenvalue weighted by atomic mass is 16.5. The van der Waals surface area contributed by atoms with E-state index < -0.39 is 0 Å². The molecule has 0 spiro atoms. The van der Waals surface area contributed by atoms with E-state index in [0.29, 0.717) is 13.2 Å². The maximum Gasteiger partial charge on any atom is 0.191 e. The Morgan fingerprint density at radius 2 is 2.04 bits per heavy atom. The number of methoxy groups -OCH3 is 1. The van der Waals surface area contributed by atoms with Gasteiger partial charge in [0.05, 0.1) is 13.2 Å². The molecule has 0 unspecified atom stereocenters. The average molecular weight is 348 g/mol. The third-order valence-electron chi connectivity index (χ3n) is 4.28. The molecule has 1 aliphatic carbocycles. The first-order valence-corrected chi connectivity index (χ1v) is 9.16. The molecule has 25 heavy (non-hydrogen) atoms. The van der Waals surface area contributed by atoms with E-state index in [2.05, 4.69) is 26.6 Å². The van der Waals surface area contributed by atoms with Crippen LogP contribution in [0.3, 0.4) is 0 Å². The molecule has 0 saturated heterocycles. The van der Waals surface area contributed by atoms with Gasteiger partial charge in [0.1, 0.15) is 5.75 Å². The summed E-state index contributed by atoms with van der Waals surface area (Å²) < 4.78 is 10.9. The van der Waals surface area contributed by atoms with Crippen molar-refractivity contribution in [3.8, 4) is 5.75 Å². The highest BCUT2D eigenvalue weighted by molar-refractivity contribution is 5.79. The van der Waals surface area contributed by atoms with Gasteiger partial charge in [0.2, 0.25) is 0 Å². The fraction of sp³-hybridized carbons (Fsp3) is 0.632. The molecule has 0 radical (unpaired) electrons. The van der Waals surface area contributed by atoms with E-state index >= 15 is 0 Å². The summed E-state index contributed by atoms with van der Waals surface area (Å²) in [6.07, 6.45) is 2.62. The summed E-state index contributed by atoms with van der Waals surface area (Å²) in [6.45, 7) is 7.01. The second-order valence-electron chi connectivity index (χ2n) is 6.15. The summed E-state index contributed by atoms with van der Waals surface area (Å²) >= 11 is 0. The van der Waals surface area contributed by atoms with Crippen molar-refractivity contribution >= 4 is 5.96 Å². The lowest BCUT2D eigenvalue weighted by Crippen LogP contribution is -2.42. The van der Waals surface area contributed by atoms with Crippen molar-refractivity contribution in [2.45, 2.75) is 32.4 Å². The molecular formula is C19H32N4O2. The number of rotatable bonds is 11. The van der Waals surface area contributed by atoms with E-state index in [0.717, 1.165) is 49.6 Å². The number of nitrogens with one attached hydrogen (secondary N) is 2. The Morgan fingerprint density at radius 1 is 1.24 bits per heavy atom. The molecule has 0 heterocycles. The molecule has 0 aromatic heterocycles. The molecule has 1 fully saturated rings. The number of ether oxygens (including phenoxy) is 2. The van der Waals surface area contributed by atoms with Gasteiger partial charge in [0.15, 0.2) is 5.96 Å². The minimum atomic E-state index is 0.669. The SMILES string of the molecule is CCOc1ccccc1CNC(=NC)NCCN(CCOC)C1CC1. The van der Waals surface area contributed by atoms with Gasteiger partial charge >= 0.3 is 0 Å². The molecular weight excluding hydrogens is 316 g/mol. The number of hydrogen-bond donors (Lipinski definition) is 2. The van der Waals surface area contributed by atoms with Gasteiger partial charge in [-0.25, -0.2) is 0 Å². The Bertz CT molecular complexity index is 532. The molecule has 6 heteroatoms. The Morgan fingerprint density at radius 3 is 2.72 bits per heavy atom. The van der Waals surface area contributed by atoms with Gasteiger partial charge in [-0.1, -0.05) is 18.2 Å². The summed E-state index contributed by atoms with van der Waals surface area (Å²) in [5, 5.41) is 6.76. The van der Waals surface area contributed by atoms with Crippen molar-refractivity contribution in [3.63, 3.8) is 0 Å². The van der Waals surface area contributed by atoms with E-state index in [1.807, 2.05) is 25.1 Å². The third-order valence-corrected chi connectivity index (χ3v) is 4.28. The molecule has 1 saturated carbocycles. The summed E-state index contributed by atoms with van der Waals surface area (Å²) in [7, 11) is 3.56. The molecule has 1 aromatic carbocycles. The van der Waals surface area contributed by atoms with Crippen LogP contribution in [0.1, 0.15) is 25.3 Å². The monoisotopic (exact) mass is 348 g/mol. The van der Waals surface area contributed by atoms with Crippen LogP contribution in [0.2, 0.25) is 0 Å². The van der Waals surface area contributed by atoms with Gasteiger partial charge in [-0.15, -0.1) is 0 Å². The Kier molecular flexibility index (Phi) is 8.55. The standard InChI is InChI=1S/C19H32N4O2/c1-4-25-18-8-6-5-7-16(18)15-22-19(20-2)21-11-12-23(13-14-24-3)17-9-10-17/h5-8,17H,4,9-15H2,1-3H3,(H2,20,21,22). The van der Waals surface area contributed by atoms with Gasteiger partial charge in [0.25, 0.3) is 0 Å². The molecule has 0 amide bonds. The Balaban J connectivity index is 1.75. The molecule has 1 aliphatic rings. The van der Waals surface area contributed by atoms with Crippen LogP contribution in [0.25, 0.3) is 0 Å². The van der Waals surface area contributed by atoms with Crippen molar-refractivity contribution in [2.75, 3.05) is 47.0 Å². The average Bonchev–Trinajstić information content (AvgIpc) is 3.47. The van der Waals surface area contributed by atoms with Crippen LogP contribution in [-0.4, -0.2) is 63.9 Å². The van der Waals surface area contributed by atoms with Crippen molar-refractivity contribution in [3.05, 3.63) is 29.8 Å². The van der Waals surface area contributed by atoms with Crippen molar-refractivity contribution in [2.24, 2.45) is 4.99 Å². The lowest BCUT2D eigenvalue weighted by atomic mass is 10.2. The molecule has 2 rings (SSSR count). The maximum atomic E-state index is 5.67. The number of nitrogens with zero attached hydrogens (tertiary/aromatic N) is 2. The van der Waals surface area contributed by atoms with Crippen molar-refractivity contribution < 1.29 is 9.47 Å². The van der Waals surface area contributed by atoms with Crippen molar-refractivity contribution in [1.82, 2.24) is 15.5 Å². The number of guanidine groups is 1. The van der Waals surface area contributed by atoms with Crippen LogP contribution in [0.5, 0.6) is 5.75 Å². The second kappa shape index (κ2) is 10.9. The summed E-state index contributed by atoms with van der Waals surface area (Å²) in [6, 6.07) is 8.84. The maximum absolute atomic E-state index is 5.67. The first-order chi connectivity index (χ1) is 12.3. The minimum absolute atomic E-state index is 0.669. The summed E-state index contributed by atoms with van der Waals surface area (Å²) in [5.41, 5.74) is 1.13. The van der Waals surface area contributed by atoms with Crippen LogP contribution in [0.4, 0.5) is 0 Å². The smallest absolute Gasteiger partial charge is 0.191 e. The first kappa shape index (κ1) is 19.5. The molecule has 6 nitrogen and oxygen atoms in total. The van der Waals surface area contributed by atoms with Crippen molar-refractivity contribution in [1.29, 1.82) is 0 Å². The third kappa shape index (κ3) is 6.92. The van der Waals surface area contributed by atoms with E-state index in [-0.39, 0.29) is 0 Å². The fourth-order valence-electron chi connectivity index (χ4n) is 2.79. The summed E-state index contributed by atoms with van der Waals surface area (Å²) in [4.78, 5) is 6.80. The molecule has 1 aromatic rings. The zero-order valence-electron chi connectivity index (χ0n) is 15.8. The molecule has 0 bridgehead atoms. The molecule has 2 N–H and O–H groups in total. The lowest BCUT2D eigenvalue weighted by molar-refractivity contribution is 0.144. The van der Waals surface area contributed by atoms with Gasteiger partial charge < -0.3 is 20.1 Å². The molecule has 0 atom stereocenters. The lowest BCUT2D eigenvalue weighted by Gasteiger charge is -2.22. The zero-order valence-corrected chi connectivity index (χ0v) is 15.8. The highest BCUT2D eigenvalue weighted by Crippen LogP contribution is 2.26. The summed E-state index contributed by atoms with van der Waals surface area (Å²) in [5.74, 6) is 1.74. The number of benzene rings is 1. The topological polar surface area (TPSA) is 58.1 Å². The number of para-hydroxylation sites is 1. The number of hydrogen-bond acceptors (Lipinski definition) is 4. The highest BCUT2D eigenvalue weighted by Gasteiger charge is 2.28. The second-order valence-corrected chi connectivity index (χ2v) is 6.15. The van der Waals surface area contributed by atoms with Crippen LogP contribution in [0, 0.1) is 0 Å². The van der Waals surface area contributed by atoms with E-state index in [4.69, 9.17) is 9.47 Å².